The quantitative estimate of drug-likeness (QED) is 0.776. The topological polar surface area (TPSA) is 47.0 Å². The number of ether oxygens (including phenoxy) is 1. The lowest BCUT2D eigenvalue weighted by Gasteiger charge is -2.13. The van der Waals surface area contributed by atoms with Gasteiger partial charge in [-0.3, -0.25) is 0 Å². The van der Waals surface area contributed by atoms with Crippen LogP contribution in [0.2, 0.25) is 0 Å². The zero-order valence-electron chi connectivity index (χ0n) is 10.3. The van der Waals surface area contributed by atoms with Crippen LogP contribution in [0.25, 0.3) is 0 Å². The predicted octanol–water partition coefficient (Wildman–Crippen LogP) is 2.56. The summed E-state index contributed by atoms with van der Waals surface area (Å²) in [5, 5.41) is 3.13. The van der Waals surface area contributed by atoms with Gasteiger partial charge in [0.05, 0.1) is 6.10 Å². The van der Waals surface area contributed by atoms with Crippen molar-refractivity contribution in [2.75, 3.05) is 5.32 Å². The van der Waals surface area contributed by atoms with E-state index in [2.05, 4.69) is 21.9 Å². The fraction of sp³-hybridized carbons (Fsp3) is 0.500. The maximum absolute atomic E-state index is 5.53. The number of aryl methyl sites for hydroxylation is 1. The van der Waals surface area contributed by atoms with E-state index in [0.29, 0.717) is 11.8 Å². The molecule has 1 heterocycles. The van der Waals surface area contributed by atoms with Gasteiger partial charge in [0, 0.05) is 17.8 Å². The minimum atomic E-state index is 0.110. The maximum atomic E-state index is 5.53. The Morgan fingerprint density at radius 2 is 2.06 bits per heavy atom. The second kappa shape index (κ2) is 5.49. The van der Waals surface area contributed by atoms with Crippen molar-refractivity contribution in [1.29, 1.82) is 0 Å². The molecule has 0 saturated heterocycles. The van der Waals surface area contributed by atoms with Gasteiger partial charge in [-0.2, -0.15) is 4.98 Å². The Balaban J connectivity index is 2.85. The van der Waals surface area contributed by atoms with Crippen molar-refractivity contribution in [2.45, 2.75) is 39.8 Å². The second-order valence-electron chi connectivity index (χ2n) is 4.01. The highest BCUT2D eigenvalue weighted by atomic mass is 16.5. The van der Waals surface area contributed by atoms with Crippen LogP contribution in [-0.4, -0.2) is 22.1 Å². The molecule has 0 spiro atoms. The van der Waals surface area contributed by atoms with Crippen LogP contribution >= 0.6 is 0 Å². The van der Waals surface area contributed by atoms with Gasteiger partial charge in [0.2, 0.25) is 11.8 Å². The van der Waals surface area contributed by atoms with Gasteiger partial charge < -0.3 is 10.1 Å². The largest absolute Gasteiger partial charge is 0.475 e. The molecule has 0 bridgehead atoms. The van der Waals surface area contributed by atoms with Crippen molar-refractivity contribution in [2.24, 2.45) is 0 Å². The molecule has 0 aliphatic rings. The third kappa shape index (κ3) is 3.88. The molecule has 0 aliphatic heterocycles. The average molecular weight is 221 g/mol. The van der Waals surface area contributed by atoms with Gasteiger partial charge in [0.25, 0.3) is 0 Å². The molecule has 4 heteroatoms. The average Bonchev–Trinajstić information content (AvgIpc) is 2.15. The van der Waals surface area contributed by atoms with Crippen LogP contribution in [0.4, 0.5) is 5.95 Å². The summed E-state index contributed by atoms with van der Waals surface area (Å²) >= 11 is 0. The van der Waals surface area contributed by atoms with Gasteiger partial charge in [-0.15, -0.1) is 6.58 Å². The first kappa shape index (κ1) is 12.5. The molecule has 88 valence electrons. The first-order valence-corrected chi connectivity index (χ1v) is 5.42. The number of rotatable bonds is 5. The minimum Gasteiger partial charge on any atom is -0.475 e. The van der Waals surface area contributed by atoms with Gasteiger partial charge >= 0.3 is 0 Å². The predicted molar refractivity (Wildman–Crippen MR) is 65.8 cm³/mol. The van der Waals surface area contributed by atoms with Crippen molar-refractivity contribution in [1.82, 2.24) is 9.97 Å². The zero-order valence-corrected chi connectivity index (χ0v) is 10.3. The monoisotopic (exact) mass is 221 g/mol. The van der Waals surface area contributed by atoms with Crippen LogP contribution in [0, 0.1) is 6.92 Å². The van der Waals surface area contributed by atoms with Crippen molar-refractivity contribution in [3.63, 3.8) is 0 Å². The summed E-state index contributed by atoms with van der Waals surface area (Å²) in [5.41, 5.74) is 0.879. The Labute approximate surface area is 96.8 Å². The number of nitrogens with zero attached hydrogens (tertiary/aromatic N) is 2. The van der Waals surface area contributed by atoms with Gasteiger partial charge in [-0.25, -0.2) is 4.98 Å². The second-order valence-corrected chi connectivity index (χ2v) is 4.01. The summed E-state index contributed by atoms with van der Waals surface area (Å²) in [4.78, 5) is 8.55. The van der Waals surface area contributed by atoms with E-state index in [1.807, 2.05) is 33.8 Å². The van der Waals surface area contributed by atoms with Crippen LogP contribution in [0.3, 0.4) is 0 Å². The zero-order chi connectivity index (χ0) is 12.1. The standard InChI is InChI=1S/C12H19N3O/c1-6-9(4)13-12-14-10(5)7-11(15-12)16-8(2)3/h6-9H,1H2,2-5H3,(H,13,14,15). The molecule has 0 fully saturated rings. The molecular formula is C12H19N3O. The first-order chi connectivity index (χ1) is 7.51. The Hall–Kier alpha value is -1.58. The molecule has 1 aromatic rings. The summed E-state index contributed by atoms with van der Waals surface area (Å²) in [5.74, 6) is 1.17. The van der Waals surface area contributed by atoms with Gasteiger partial charge in [-0.1, -0.05) is 6.08 Å². The van der Waals surface area contributed by atoms with Crippen LogP contribution < -0.4 is 10.1 Å². The van der Waals surface area contributed by atoms with Gasteiger partial charge in [-0.05, 0) is 27.7 Å². The van der Waals surface area contributed by atoms with E-state index in [4.69, 9.17) is 4.74 Å². The smallest absolute Gasteiger partial charge is 0.226 e. The van der Waals surface area contributed by atoms with E-state index in [-0.39, 0.29) is 12.1 Å². The summed E-state index contributed by atoms with van der Waals surface area (Å²) in [6.07, 6.45) is 1.91. The van der Waals surface area contributed by atoms with E-state index < -0.39 is 0 Å². The fourth-order valence-corrected chi connectivity index (χ4v) is 1.17. The lowest BCUT2D eigenvalue weighted by Crippen LogP contribution is -2.15. The summed E-state index contributed by atoms with van der Waals surface area (Å²) in [7, 11) is 0. The normalized spacial score (nSPS) is 12.3. The van der Waals surface area contributed by atoms with Crippen LogP contribution in [-0.2, 0) is 0 Å². The molecule has 0 amide bonds. The van der Waals surface area contributed by atoms with Crippen LogP contribution in [0.15, 0.2) is 18.7 Å². The molecule has 0 saturated carbocycles. The Morgan fingerprint density at radius 1 is 1.38 bits per heavy atom. The van der Waals surface area contributed by atoms with E-state index >= 15 is 0 Å². The number of aromatic nitrogens is 2. The summed E-state index contributed by atoms with van der Waals surface area (Å²) in [6.45, 7) is 11.5. The fourth-order valence-electron chi connectivity index (χ4n) is 1.17. The SMILES string of the molecule is C=CC(C)Nc1nc(C)cc(OC(C)C)n1. The van der Waals surface area contributed by atoms with E-state index in [1.54, 1.807) is 6.08 Å². The van der Waals surface area contributed by atoms with Crippen molar-refractivity contribution < 1.29 is 4.74 Å². The third-order valence-corrected chi connectivity index (χ3v) is 1.90. The third-order valence-electron chi connectivity index (χ3n) is 1.90. The first-order valence-electron chi connectivity index (χ1n) is 5.42. The number of hydrogen-bond donors (Lipinski definition) is 1. The maximum Gasteiger partial charge on any atom is 0.226 e. The highest BCUT2D eigenvalue weighted by molar-refractivity contribution is 5.32. The molecule has 1 atom stereocenters. The molecule has 0 aromatic carbocycles. The number of anilines is 1. The number of nitrogens with one attached hydrogen (secondary N) is 1. The molecule has 4 nitrogen and oxygen atoms in total. The molecule has 16 heavy (non-hydrogen) atoms. The Bertz CT molecular complexity index is 363. The van der Waals surface area contributed by atoms with Crippen molar-refractivity contribution >= 4 is 5.95 Å². The molecule has 0 aliphatic carbocycles. The Morgan fingerprint density at radius 3 is 2.62 bits per heavy atom. The van der Waals surface area contributed by atoms with Gasteiger partial charge in [0.15, 0.2) is 0 Å². The van der Waals surface area contributed by atoms with Crippen LogP contribution in [0.5, 0.6) is 5.88 Å². The van der Waals surface area contributed by atoms with E-state index in [1.165, 1.54) is 0 Å². The lowest BCUT2D eigenvalue weighted by molar-refractivity contribution is 0.232. The summed E-state index contributed by atoms with van der Waals surface area (Å²) in [6, 6.07) is 1.96. The van der Waals surface area contributed by atoms with Crippen molar-refractivity contribution in [3.05, 3.63) is 24.4 Å². The van der Waals surface area contributed by atoms with Crippen LogP contribution in [0.1, 0.15) is 26.5 Å². The van der Waals surface area contributed by atoms with E-state index in [9.17, 15) is 0 Å². The molecule has 1 N–H and O–H groups in total. The molecule has 1 unspecified atom stereocenters. The minimum absolute atomic E-state index is 0.110. The van der Waals surface area contributed by atoms with E-state index in [0.717, 1.165) is 5.69 Å². The molecule has 0 radical (unpaired) electrons. The summed E-state index contributed by atoms with van der Waals surface area (Å²) < 4.78 is 5.53. The lowest BCUT2D eigenvalue weighted by atomic mass is 10.3. The van der Waals surface area contributed by atoms with Gasteiger partial charge in [0.1, 0.15) is 0 Å². The number of hydrogen-bond acceptors (Lipinski definition) is 4. The van der Waals surface area contributed by atoms with Crippen molar-refractivity contribution in [3.8, 4) is 5.88 Å². The molecular weight excluding hydrogens is 202 g/mol. The molecule has 1 rings (SSSR count). The Kier molecular flexibility index (Phi) is 4.28. The highest BCUT2D eigenvalue weighted by Gasteiger charge is 2.06. The molecule has 1 aromatic heterocycles. The highest BCUT2D eigenvalue weighted by Crippen LogP contribution is 2.14.